The zero-order chi connectivity index (χ0) is 20.5. The van der Waals surface area contributed by atoms with Crippen molar-refractivity contribution in [2.75, 3.05) is 42.4 Å². The number of halogens is 3. The fourth-order valence-electron chi connectivity index (χ4n) is 2.86. The van der Waals surface area contributed by atoms with Gasteiger partial charge in [0.1, 0.15) is 12.3 Å². The van der Waals surface area contributed by atoms with E-state index in [1.807, 2.05) is 0 Å². The maximum Gasteiger partial charge on any atom is 0.416 e. The van der Waals surface area contributed by atoms with E-state index in [1.54, 1.807) is 43.3 Å². The van der Waals surface area contributed by atoms with E-state index in [4.69, 9.17) is 4.74 Å². The molecule has 0 radical (unpaired) electrons. The summed E-state index contributed by atoms with van der Waals surface area (Å²) in [4.78, 5) is 27.5. The molecule has 0 atom stereocenters. The van der Waals surface area contributed by atoms with Crippen molar-refractivity contribution in [3.05, 3.63) is 48.0 Å². The fraction of sp³-hybridized carbons (Fsp3) is 0.263. The van der Waals surface area contributed by atoms with Crippen molar-refractivity contribution in [1.82, 2.24) is 0 Å². The van der Waals surface area contributed by atoms with Gasteiger partial charge in [-0.15, -0.1) is 0 Å². The number of nitrogens with one attached hydrogen (secondary N) is 1. The summed E-state index contributed by atoms with van der Waals surface area (Å²) in [5.41, 5.74) is -0.0131. The molecule has 28 heavy (non-hydrogen) atoms. The van der Waals surface area contributed by atoms with Crippen molar-refractivity contribution in [3.63, 3.8) is 0 Å². The van der Waals surface area contributed by atoms with Crippen LogP contribution in [0.5, 0.6) is 5.75 Å². The van der Waals surface area contributed by atoms with Crippen LogP contribution in [0.15, 0.2) is 42.5 Å². The molecule has 0 bridgehead atoms. The van der Waals surface area contributed by atoms with E-state index in [0.29, 0.717) is 17.1 Å². The molecule has 1 N–H and O–H groups in total. The minimum Gasteiger partial charge on any atom is -0.482 e. The maximum absolute atomic E-state index is 13.0. The summed E-state index contributed by atoms with van der Waals surface area (Å²) < 4.78 is 44.4. The highest BCUT2D eigenvalue weighted by molar-refractivity contribution is 6.05. The Bertz CT molecular complexity index is 913. The predicted molar refractivity (Wildman–Crippen MR) is 98.7 cm³/mol. The van der Waals surface area contributed by atoms with Crippen molar-refractivity contribution in [2.45, 2.75) is 6.18 Å². The number of benzene rings is 2. The molecule has 0 spiro atoms. The number of fused-ring (bicyclic) bond motifs is 1. The Balaban J connectivity index is 1.84. The minimum atomic E-state index is -4.54. The van der Waals surface area contributed by atoms with Gasteiger partial charge in [0.15, 0.2) is 6.61 Å². The normalized spacial score (nSPS) is 13.6. The highest BCUT2D eigenvalue weighted by Crippen LogP contribution is 2.35. The lowest BCUT2D eigenvalue weighted by molar-refractivity contribution is -0.137. The summed E-state index contributed by atoms with van der Waals surface area (Å²) in [7, 11) is 3.31. The molecule has 0 aliphatic carbocycles. The Morgan fingerprint density at radius 2 is 1.93 bits per heavy atom. The first-order valence-corrected chi connectivity index (χ1v) is 8.37. The van der Waals surface area contributed by atoms with Crippen LogP contribution in [0.3, 0.4) is 0 Å². The molecule has 2 amide bonds. The molecule has 2 aromatic carbocycles. The minimum absolute atomic E-state index is 0.0128. The molecule has 1 aliphatic heterocycles. The number of alkyl halides is 3. The first-order valence-electron chi connectivity index (χ1n) is 8.37. The Morgan fingerprint density at radius 1 is 1.21 bits per heavy atom. The number of nitrogens with zero attached hydrogens (tertiary/aromatic N) is 2. The number of anilines is 3. The molecular weight excluding hydrogens is 375 g/mol. The summed E-state index contributed by atoms with van der Waals surface area (Å²) in [6, 6.07) is 9.85. The van der Waals surface area contributed by atoms with Gasteiger partial charge in [0.2, 0.25) is 5.91 Å². The van der Waals surface area contributed by atoms with Gasteiger partial charge in [-0.1, -0.05) is 12.1 Å². The Kier molecular flexibility index (Phi) is 5.17. The van der Waals surface area contributed by atoms with Crippen LogP contribution in [0.25, 0.3) is 0 Å². The zero-order valence-corrected chi connectivity index (χ0v) is 15.2. The van der Waals surface area contributed by atoms with Crippen LogP contribution in [0.2, 0.25) is 0 Å². The van der Waals surface area contributed by atoms with Gasteiger partial charge in [0.05, 0.1) is 22.6 Å². The van der Waals surface area contributed by atoms with Gasteiger partial charge in [-0.3, -0.25) is 14.5 Å². The van der Waals surface area contributed by atoms with E-state index in [9.17, 15) is 22.8 Å². The summed E-state index contributed by atoms with van der Waals surface area (Å²) in [6.07, 6.45) is -4.54. The van der Waals surface area contributed by atoms with Crippen LogP contribution in [0.1, 0.15) is 5.56 Å². The molecular formula is C19H18F3N3O3. The van der Waals surface area contributed by atoms with Gasteiger partial charge in [-0.05, 0) is 30.3 Å². The molecule has 3 rings (SSSR count). The summed E-state index contributed by atoms with van der Waals surface area (Å²) in [5, 5.41) is 2.49. The molecule has 9 heteroatoms. The number of ether oxygens (including phenoxy) is 1. The third kappa shape index (κ3) is 4.03. The van der Waals surface area contributed by atoms with E-state index in [0.717, 1.165) is 12.1 Å². The molecule has 1 heterocycles. The zero-order valence-electron chi connectivity index (χ0n) is 15.2. The molecule has 1 aliphatic rings. The SMILES string of the molecule is CN(C)c1ccc(C(F)(F)F)cc1NC(=O)CN1C(=O)COc2ccccc21. The standard InChI is InChI=1S/C19H18F3N3O3/c1-24(2)14-8-7-12(19(20,21)22)9-13(14)23-17(26)10-25-15-5-3-4-6-16(15)28-11-18(25)27/h3-9H,10-11H2,1-2H3,(H,23,26). The van der Waals surface area contributed by atoms with E-state index in [1.165, 1.54) is 11.0 Å². The lowest BCUT2D eigenvalue weighted by atomic mass is 10.1. The molecule has 0 unspecified atom stereocenters. The lowest BCUT2D eigenvalue weighted by Gasteiger charge is -2.29. The molecule has 2 aromatic rings. The summed E-state index contributed by atoms with van der Waals surface area (Å²) in [5.74, 6) is -0.568. The van der Waals surface area contributed by atoms with Gasteiger partial charge < -0.3 is 15.0 Å². The molecule has 0 saturated heterocycles. The van der Waals surface area contributed by atoms with Gasteiger partial charge in [0.25, 0.3) is 5.91 Å². The number of hydrogen-bond acceptors (Lipinski definition) is 4. The number of para-hydroxylation sites is 2. The molecule has 6 nitrogen and oxygen atoms in total. The molecule has 148 valence electrons. The van der Waals surface area contributed by atoms with Gasteiger partial charge >= 0.3 is 6.18 Å². The van der Waals surface area contributed by atoms with E-state index >= 15 is 0 Å². The van der Waals surface area contributed by atoms with Crippen LogP contribution in [0, 0.1) is 0 Å². The van der Waals surface area contributed by atoms with E-state index in [2.05, 4.69) is 5.32 Å². The molecule has 0 saturated carbocycles. The number of hydrogen-bond donors (Lipinski definition) is 1. The second kappa shape index (κ2) is 7.41. The van der Waals surface area contributed by atoms with Crippen LogP contribution < -0.4 is 19.9 Å². The number of carbonyl (C=O) groups excluding carboxylic acids is 2. The number of amides is 2. The third-order valence-electron chi connectivity index (χ3n) is 4.19. The summed E-state index contributed by atoms with van der Waals surface area (Å²) in [6.45, 7) is -0.556. The van der Waals surface area contributed by atoms with Crippen LogP contribution in [-0.4, -0.2) is 39.1 Å². The Hall–Kier alpha value is -3.23. The predicted octanol–water partition coefficient (Wildman–Crippen LogP) is 3.14. The van der Waals surface area contributed by atoms with Crippen LogP contribution in [0.4, 0.5) is 30.2 Å². The monoisotopic (exact) mass is 393 g/mol. The average molecular weight is 393 g/mol. The van der Waals surface area contributed by atoms with E-state index in [-0.39, 0.29) is 18.8 Å². The van der Waals surface area contributed by atoms with Crippen molar-refractivity contribution < 1.29 is 27.5 Å². The first-order chi connectivity index (χ1) is 13.2. The Labute approximate surface area is 159 Å². The second-order valence-electron chi connectivity index (χ2n) is 6.41. The largest absolute Gasteiger partial charge is 0.482 e. The quantitative estimate of drug-likeness (QED) is 0.867. The smallest absolute Gasteiger partial charge is 0.416 e. The highest BCUT2D eigenvalue weighted by atomic mass is 19.4. The highest BCUT2D eigenvalue weighted by Gasteiger charge is 2.32. The Morgan fingerprint density at radius 3 is 2.61 bits per heavy atom. The molecule has 0 aromatic heterocycles. The van der Waals surface area contributed by atoms with E-state index < -0.39 is 23.6 Å². The van der Waals surface area contributed by atoms with Crippen molar-refractivity contribution >= 4 is 28.9 Å². The maximum atomic E-state index is 13.0. The van der Waals surface area contributed by atoms with Crippen molar-refractivity contribution in [3.8, 4) is 5.75 Å². The third-order valence-corrected chi connectivity index (χ3v) is 4.19. The van der Waals surface area contributed by atoms with Crippen molar-refractivity contribution in [2.24, 2.45) is 0 Å². The van der Waals surface area contributed by atoms with Gasteiger partial charge in [0, 0.05) is 14.1 Å². The number of carbonyl (C=O) groups is 2. The lowest BCUT2D eigenvalue weighted by Crippen LogP contribution is -2.43. The number of rotatable bonds is 4. The summed E-state index contributed by atoms with van der Waals surface area (Å²) >= 11 is 0. The average Bonchev–Trinajstić information content (AvgIpc) is 2.63. The van der Waals surface area contributed by atoms with Crippen LogP contribution >= 0.6 is 0 Å². The van der Waals surface area contributed by atoms with Crippen molar-refractivity contribution in [1.29, 1.82) is 0 Å². The molecule has 0 fully saturated rings. The first kappa shape index (κ1) is 19.5. The van der Waals surface area contributed by atoms with Gasteiger partial charge in [-0.25, -0.2) is 0 Å². The fourth-order valence-corrected chi connectivity index (χ4v) is 2.86. The second-order valence-corrected chi connectivity index (χ2v) is 6.41. The topological polar surface area (TPSA) is 61.9 Å². The van der Waals surface area contributed by atoms with Crippen LogP contribution in [-0.2, 0) is 15.8 Å². The van der Waals surface area contributed by atoms with Gasteiger partial charge in [-0.2, -0.15) is 13.2 Å².